The van der Waals surface area contributed by atoms with E-state index in [-0.39, 0.29) is 46.7 Å². The Hall–Kier alpha value is -0.246. The summed E-state index contributed by atoms with van der Waals surface area (Å²) in [6.07, 6.45) is 7.46. The minimum Gasteiger partial charge on any atom is -0.411 e. The van der Waals surface area contributed by atoms with Crippen molar-refractivity contribution in [3.8, 4) is 0 Å². The third-order valence-corrected chi connectivity index (χ3v) is 17.2. The largest absolute Gasteiger partial charge is 0.411 e. The zero-order valence-electron chi connectivity index (χ0n) is 22.5. The van der Waals surface area contributed by atoms with Crippen LogP contribution in [0.15, 0.2) is 25.3 Å². The lowest BCUT2D eigenvalue weighted by molar-refractivity contribution is -0.237. The molecule has 0 amide bonds. The molecule has 2 heterocycles. The molecule has 0 aromatic rings. The number of rotatable bonds is 8. The van der Waals surface area contributed by atoms with Gasteiger partial charge in [0.2, 0.25) is 0 Å². The van der Waals surface area contributed by atoms with Gasteiger partial charge in [0, 0.05) is 12.8 Å². The third-order valence-electron chi connectivity index (χ3n) is 8.17. The molecule has 2 rings (SSSR count). The first-order valence-corrected chi connectivity index (χ1v) is 18.2. The van der Waals surface area contributed by atoms with Gasteiger partial charge in [-0.15, -0.1) is 13.2 Å². The van der Waals surface area contributed by atoms with Crippen molar-refractivity contribution in [3.63, 3.8) is 0 Å². The molecule has 0 radical (unpaired) electrons. The molecule has 0 bridgehead atoms. The smallest absolute Gasteiger partial charge is 0.192 e. The summed E-state index contributed by atoms with van der Waals surface area (Å²) in [5, 5.41) is 0.312. The summed E-state index contributed by atoms with van der Waals surface area (Å²) in [5.41, 5.74) is 0. The topological polar surface area (TPSA) is 36.9 Å². The van der Waals surface area contributed by atoms with Crippen LogP contribution in [0.1, 0.15) is 67.2 Å². The molecule has 0 unspecified atom stereocenters. The molecule has 2 aliphatic rings. The second-order valence-corrected chi connectivity index (χ2v) is 22.3. The fourth-order valence-corrected chi connectivity index (χ4v) is 6.79. The number of ether oxygens (including phenoxy) is 2. The van der Waals surface area contributed by atoms with Gasteiger partial charge in [0.05, 0.1) is 36.6 Å². The second-order valence-electron chi connectivity index (χ2n) is 12.8. The van der Waals surface area contributed by atoms with Gasteiger partial charge < -0.3 is 18.3 Å². The summed E-state index contributed by atoms with van der Waals surface area (Å²) in [6.45, 7) is 30.9. The Morgan fingerprint density at radius 1 is 0.719 bits per heavy atom. The van der Waals surface area contributed by atoms with Gasteiger partial charge in [-0.25, -0.2) is 0 Å². The first-order chi connectivity index (χ1) is 14.5. The lowest BCUT2D eigenvalue weighted by Gasteiger charge is -2.51. The molecule has 4 nitrogen and oxygen atoms in total. The Kier molecular flexibility index (Phi) is 8.89. The Morgan fingerprint density at radius 2 is 1.03 bits per heavy atom. The van der Waals surface area contributed by atoms with Crippen LogP contribution in [0.4, 0.5) is 0 Å². The van der Waals surface area contributed by atoms with E-state index in [4.69, 9.17) is 18.3 Å². The minimum atomic E-state index is -1.92. The summed E-state index contributed by atoms with van der Waals surface area (Å²) in [7, 11) is -3.85. The third kappa shape index (κ3) is 6.45. The van der Waals surface area contributed by atoms with Gasteiger partial charge in [0.1, 0.15) is 0 Å². The van der Waals surface area contributed by atoms with Crippen LogP contribution in [0.25, 0.3) is 0 Å². The Labute approximate surface area is 200 Å². The molecule has 0 N–H and O–H groups in total. The summed E-state index contributed by atoms with van der Waals surface area (Å²) in [6, 6.07) is 0. The molecule has 2 fully saturated rings. The SMILES string of the molecule is C=CC[C@@H]1O[C@@H]2C[C@@H](O[Si](C)(C)C(C)(C)C)[C@H](CC=C)O[C@@H]2C[C@H]1O[Si](C)(C)C(C)(C)C. The molecular weight excluding hydrogens is 432 g/mol. The van der Waals surface area contributed by atoms with Crippen LogP contribution in [0.3, 0.4) is 0 Å². The van der Waals surface area contributed by atoms with Gasteiger partial charge >= 0.3 is 0 Å². The van der Waals surface area contributed by atoms with Crippen LogP contribution >= 0.6 is 0 Å². The molecule has 0 aromatic heterocycles. The Bertz CT molecular complexity index is 591. The molecule has 0 saturated carbocycles. The zero-order chi connectivity index (χ0) is 24.5. The maximum atomic E-state index is 6.85. The molecule has 2 saturated heterocycles. The van der Waals surface area contributed by atoms with Gasteiger partial charge in [-0.2, -0.15) is 0 Å². The van der Waals surface area contributed by atoms with E-state index in [0.29, 0.717) is 0 Å². The van der Waals surface area contributed by atoms with Crippen molar-refractivity contribution in [2.45, 2.75) is 140 Å². The van der Waals surface area contributed by atoms with Crippen molar-refractivity contribution >= 4 is 16.6 Å². The highest BCUT2D eigenvalue weighted by molar-refractivity contribution is 6.74. The van der Waals surface area contributed by atoms with E-state index in [1.54, 1.807) is 0 Å². The molecule has 6 atom stereocenters. The van der Waals surface area contributed by atoms with Crippen LogP contribution in [-0.4, -0.2) is 53.3 Å². The van der Waals surface area contributed by atoms with Crippen LogP contribution in [0.2, 0.25) is 36.3 Å². The average Bonchev–Trinajstić information content (AvgIpc) is 2.61. The van der Waals surface area contributed by atoms with E-state index in [9.17, 15) is 0 Å². The van der Waals surface area contributed by atoms with Crippen molar-refractivity contribution in [1.29, 1.82) is 0 Å². The van der Waals surface area contributed by atoms with Crippen LogP contribution in [0.5, 0.6) is 0 Å². The molecule has 32 heavy (non-hydrogen) atoms. The molecule has 0 aliphatic carbocycles. The molecule has 2 aliphatic heterocycles. The summed E-state index contributed by atoms with van der Waals surface area (Å²) in [4.78, 5) is 0. The van der Waals surface area contributed by atoms with Crippen LogP contribution < -0.4 is 0 Å². The summed E-state index contributed by atoms with van der Waals surface area (Å²) in [5.74, 6) is 0. The van der Waals surface area contributed by atoms with E-state index in [2.05, 4.69) is 80.9 Å². The van der Waals surface area contributed by atoms with Crippen molar-refractivity contribution in [2.75, 3.05) is 0 Å². The highest BCUT2D eigenvalue weighted by atomic mass is 28.4. The van der Waals surface area contributed by atoms with E-state index in [0.717, 1.165) is 25.7 Å². The predicted molar refractivity (Wildman–Crippen MR) is 140 cm³/mol. The molecule has 0 spiro atoms. The highest BCUT2D eigenvalue weighted by Crippen LogP contribution is 2.44. The van der Waals surface area contributed by atoms with Crippen molar-refractivity contribution in [1.82, 2.24) is 0 Å². The molecule has 6 heteroatoms. The monoisotopic (exact) mass is 482 g/mol. The fraction of sp³-hybridized carbons (Fsp3) is 0.846. The molecule has 186 valence electrons. The standard InChI is InChI=1S/C26H50O4Si2/c1-13-15-19-23(29-31(9,10)25(3,4)5)17-22-21(27-19)18-24(20(28-22)16-14-2)30-32(11,12)26(6,7)8/h13-14,19-24H,1-2,15-18H2,3-12H3/t19-,20-,21+,22+,23+,24+/m0/s1. The van der Waals surface area contributed by atoms with Crippen LogP contribution in [0, 0.1) is 0 Å². The second kappa shape index (κ2) is 10.2. The van der Waals surface area contributed by atoms with Gasteiger partial charge in [-0.05, 0) is 49.1 Å². The van der Waals surface area contributed by atoms with E-state index in [1.165, 1.54) is 0 Å². The first-order valence-electron chi connectivity index (χ1n) is 12.4. The first kappa shape index (κ1) is 28.0. The lowest BCUT2D eigenvalue weighted by atomic mass is 9.89. The number of fused-ring (bicyclic) bond motifs is 1. The van der Waals surface area contributed by atoms with Gasteiger partial charge in [-0.3, -0.25) is 0 Å². The zero-order valence-corrected chi connectivity index (χ0v) is 24.5. The van der Waals surface area contributed by atoms with E-state index >= 15 is 0 Å². The van der Waals surface area contributed by atoms with E-state index < -0.39 is 16.6 Å². The maximum absolute atomic E-state index is 6.85. The maximum Gasteiger partial charge on any atom is 0.192 e. The fourth-order valence-electron chi connectivity index (χ4n) is 4.08. The number of hydrogen-bond donors (Lipinski definition) is 0. The van der Waals surface area contributed by atoms with Crippen LogP contribution in [-0.2, 0) is 18.3 Å². The van der Waals surface area contributed by atoms with Gasteiger partial charge in [0.25, 0.3) is 0 Å². The predicted octanol–water partition coefficient (Wildman–Crippen LogP) is 7.23. The quantitative estimate of drug-likeness (QED) is 0.270. The number of hydrogen-bond acceptors (Lipinski definition) is 4. The normalized spacial score (nSPS) is 32.3. The highest BCUT2D eigenvalue weighted by Gasteiger charge is 2.50. The van der Waals surface area contributed by atoms with Gasteiger partial charge in [0.15, 0.2) is 16.6 Å². The summed E-state index contributed by atoms with van der Waals surface area (Å²) >= 11 is 0. The average molecular weight is 483 g/mol. The lowest BCUT2D eigenvalue weighted by Crippen LogP contribution is -2.60. The van der Waals surface area contributed by atoms with Gasteiger partial charge in [-0.1, -0.05) is 53.7 Å². The molecular formula is C26H50O4Si2. The van der Waals surface area contributed by atoms with E-state index in [1.807, 2.05) is 12.2 Å². The van der Waals surface area contributed by atoms with Crippen molar-refractivity contribution in [3.05, 3.63) is 25.3 Å². The Morgan fingerprint density at radius 3 is 1.28 bits per heavy atom. The van der Waals surface area contributed by atoms with Crippen molar-refractivity contribution < 1.29 is 18.3 Å². The summed E-state index contributed by atoms with van der Waals surface area (Å²) < 4.78 is 27.0. The molecule has 0 aromatic carbocycles. The minimum absolute atomic E-state index is 0.0240. The Balaban J connectivity index is 2.22. The van der Waals surface area contributed by atoms with Crippen molar-refractivity contribution in [2.24, 2.45) is 0 Å².